The van der Waals surface area contributed by atoms with Gasteiger partial charge >= 0.3 is 0 Å². The molecule has 0 aliphatic carbocycles. The number of aromatic nitrogens is 2. The van der Waals surface area contributed by atoms with Crippen molar-refractivity contribution in [1.29, 1.82) is 0 Å². The summed E-state index contributed by atoms with van der Waals surface area (Å²) in [6, 6.07) is 0.159. The Balaban J connectivity index is 1.48. The standard InChI is InChI=1S/C18H25N5O3/c1-12(2)23-11-13(9-16(23)24)17(25)21-14-3-7-22(8-4-14)18(26)15-10-19-5-6-20-15/h5-6,10,12-14H,3-4,7-9,11H2,1-2H3,(H,21,25). The number of rotatable bonds is 4. The highest BCUT2D eigenvalue weighted by molar-refractivity contribution is 5.92. The minimum absolute atomic E-state index is 0.0385. The summed E-state index contributed by atoms with van der Waals surface area (Å²) in [4.78, 5) is 48.3. The Morgan fingerprint density at radius 3 is 2.54 bits per heavy atom. The van der Waals surface area contributed by atoms with Crippen molar-refractivity contribution < 1.29 is 14.4 Å². The molecule has 3 rings (SSSR count). The molecule has 3 amide bonds. The van der Waals surface area contributed by atoms with Crippen LogP contribution in [0.2, 0.25) is 0 Å². The van der Waals surface area contributed by atoms with Gasteiger partial charge in [0, 0.05) is 50.5 Å². The molecule has 140 valence electrons. The van der Waals surface area contributed by atoms with Gasteiger partial charge in [-0.15, -0.1) is 0 Å². The largest absolute Gasteiger partial charge is 0.353 e. The van der Waals surface area contributed by atoms with Gasteiger partial charge in [-0.1, -0.05) is 0 Å². The molecule has 8 heteroatoms. The zero-order valence-corrected chi connectivity index (χ0v) is 15.2. The van der Waals surface area contributed by atoms with Crippen molar-refractivity contribution in [2.24, 2.45) is 5.92 Å². The van der Waals surface area contributed by atoms with Crippen molar-refractivity contribution in [2.45, 2.75) is 45.2 Å². The van der Waals surface area contributed by atoms with Crippen molar-refractivity contribution in [3.8, 4) is 0 Å². The molecule has 3 heterocycles. The lowest BCUT2D eigenvalue weighted by atomic mass is 10.0. The fourth-order valence-corrected chi connectivity index (χ4v) is 3.52. The molecule has 2 aliphatic heterocycles. The first-order valence-corrected chi connectivity index (χ1v) is 9.11. The van der Waals surface area contributed by atoms with E-state index >= 15 is 0 Å². The molecule has 0 aromatic carbocycles. The Kier molecular flexibility index (Phi) is 5.49. The van der Waals surface area contributed by atoms with E-state index in [2.05, 4.69) is 15.3 Å². The number of hydrogen-bond donors (Lipinski definition) is 1. The maximum absolute atomic E-state index is 12.5. The highest BCUT2D eigenvalue weighted by Gasteiger charge is 2.36. The van der Waals surface area contributed by atoms with Crippen molar-refractivity contribution >= 4 is 17.7 Å². The smallest absolute Gasteiger partial charge is 0.274 e. The summed E-state index contributed by atoms with van der Waals surface area (Å²) in [5.41, 5.74) is 0.341. The van der Waals surface area contributed by atoms with E-state index in [0.717, 1.165) is 0 Å². The Bertz CT molecular complexity index is 671. The van der Waals surface area contributed by atoms with Crippen LogP contribution in [0.15, 0.2) is 18.6 Å². The molecule has 0 saturated carbocycles. The molecule has 1 N–H and O–H groups in total. The zero-order chi connectivity index (χ0) is 18.7. The van der Waals surface area contributed by atoms with Crippen LogP contribution in [-0.4, -0.2) is 69.2 Å². The third-order valence-corrected chi connectivity index (χ3v) is 5.06. The maximum Gasteiger partial charge on any atom is 0.274 e. The van der Waals surface area contributed by atoms with Crippen LogP contribution in [-0.2, 0) is 9.59 Å². The molecular formula is C18H25N5O3. The molecule has 1 aromatic heterocycles. The second-order valence-electron chi connectivity index (χ2n) is 7.21. The Morgan fingerprint density at radius 2 is 1.96 bits per heavy atom. The van der Waals surface area contributed by atoms with E-state index in [1.165, 1.54) is 18.6 Å². The highest BCUT2D eigenvalue weighted by Crippen LogP contribution is 2.21. The molecule has 2 aliphatic rings. The number of piperidine rings is 1. The van der Waals surface area contributed by atoms with E-state index in [1.807, 2.05) is 13.8 Å². The summed E-state index contributed by atoms with van der Waals surface area (Å²) < 4.78 is 0. The van der Waals surface area contributed by atoms with Crippen LogP contribution in [0, 0.1) is 5.92 Å². The summed E-state index contributed by atoms with van der Waals surface area (Å²) in [5.74, 6) is -0.411. The lowest BCUT2D eigenvalue weighted by Gasteiger charge is -2.32. The number of nitrogens with one attached hydrogen (secondary N) is 1. The fourth-order valence-electron chi connectivity index (χ4n) is 3.52. The molecule has 26 heavy (non-hydrogen) atoms. The first kappa shape index (κ1) is 18.3. The number of amides is 3. The average molecular weight is 359 g/mol. The lowest BCUT2D eigenvalue weighted by molar-refractivity contribution is -0.130. The molecule has 1 unspecified atom stereocenters. The van der Waals surface area contributed by atoms with E-state index in [-0.39, 0.29) is 42.1 Å². The van der Waals surface area contributed by atoms with Crippen molar-refractivity contribution in [3.05, 3.63) is 24.3 Å². The van der Waals surface area contributed by atoms with E-state index in [1.54, 1.807) is 9.80 Å². The summed E-state index contributed by atoms with van der Waals surface area (Å²) in [5, 5.41) is 3.06. The van der Waals surface area contributed by atoms with Gasteiger partial charge < -0.3 is 15.1 Å². The molecular weight excluding hydrogens is 334 g/mol. The van der Waals surface area contributed by atoms with E-state index < -0.39 is 0 Å². The minimum atomic E-state index is -0.274. The van der Waals surface area contributed by atoms with Crippen molar-refractivity contribution in [2.75, 3.05) is 19.6 Å². The van der Waals surface area contributed by atoms with Crippen LogP contribution in [0.3, 0.4) is 0 Å². The highest BCUT2D eigenvalue weighted by atomic mass is 16.2. The topological polar surface area (TPSA) is 95.5 Å². The normalized spacial score (nSPS) is 21.3. The first-order chi connectivity index (χ1) is 12.5. The van der Waals surface area contributed by atoms with Gasteiger partial charge in [0.1, 0.15) is 5.69 Å². The number of hydrogen-bond acceptors (Lipinski definition) is 5. The summed E-state index contributed by atoms with van der Waals surface area (Å²) in [6.45, 7) is 5.56. The van der Waals surface area contributed by atoms with Crippen LogP contribution in [0.1, 0.15) is 43.6 Å². The van der Waals surface area contributed by atoms with Gasteiger partial charge in [-0.05, 0) is 26.7 Å². The van der Waals surface area contributed by atoms with Gasteiger partial charge in [0.2, 0.25) is 11.8 Å². The summed E-state index contributed by atoms with van der Waals surface area (Å²) in [7, 11) is 0. The number of carbonyl (C=O) groups excluding carboxylic acids is 3. The third kappa shape index (κ3) is 4.00. The van der Waals surface area contributed by atoms with Crippen LogP contribution in [0.25, 0.3) is 0 Å². The summed E-state index contributed by atoms with van der Waals surface area (Å²) >= 11 is 0. The first-order valence-electron chi connectivity index (χ1n) is 9.11. The third-order valence-electron chi connectivity index (χ3n) is 5.06. The monoisotopic (exact) mass is 359 g/mol. The van der Waals surface area contributed by atoms with E-state index in [9.17, 15) is 14.4 Å². The van der Waals surface area contributed by atoms with Gasteiger partial charge in [0.25, 0.3) is 5.91 Å². The summed E-state index contributed by atoms with van der Waals surface area (Å²) in [6.07, 6.45) is 6.19. The van der Waals surface area contributed by atoms with Crippen LogP contribution in [0.5, 0.6) is 0 Å². The predicted octanol–water partition coefficient (Wildman–Crippen LogP) is 0.454. The molecule has 0 spiro atoms. The van der Waals surface area contributed by atoms with Gasteiger partial charge in [0.05, 0.1) is 12.1 Å². The number of nitrogens with zero attached hydrogens (tertiary/aromatic N) is 4. The Morgan fingerprint density at radius 1 is 1.23 bits per heavy atom. The lowest BCUT2D eigenvalue weighted by Crippen LogP contribution is -2.48. The van der Waals surface area contributed by atoms with E-state index in [4.69, 9.17) is 0 Å². The second kappa shape index (κ2) is 7.80. The van der Waals surface area contributed by atoms with Crippen molar-refractivity contribution in [3.63, 3.8) is 0 Å². The minimum Gasteiger partial charge on any atom is -0.353 e. The van der Waals surface area contributed by atoms with Crippen molar-refractivity contribution in [1.82, 2.24) is 25.1 Å². The maximum atomic E-state index is 12.5. The van der Waals surface area contributed by atoms with E-state index in [0.29, 0.717) is 38.2 Å². The Labute approximate surface area is 153 Å². The van der Waals surface area contributed by atoms with Crippen LogP contribution in [0.4, 0.5) is 0 Å². The molecule has 0 radical (unpaired) electrons. The quantitative estimate of drug-likeness (QED) is 0.842. The average Bonchev–Trinajstić information content (AvgIpc) is 3.05. The van der Waals surface area contributed by atoms with Crippen LogP contribution < -0.4 is 5.32 Å². The van der Waals surface area contributed by atoms with Gasteiger partial charge in [0.15, 0.2) is 0 Å². The molecule has 2 saturated heterocycles. The molecule has 1 aromatic rings. The second-order valence-corrected chi connectivity index (χ2v) is 7.21. The number of carbonyl (C=O) groups is 3. The van der Waals surface area contributed by atoms with Gasteiger partial charge in [-0.2, -0.15) is 0 Å². The zero-order valence-electron chi connectivity index (χ0n) is 15.2. The molecule has 0 bridgehead atoms. The fraction of sp³-hybridized carbons (Fsp3) is 0.611. The molecule has 1 atom stereocenters. The molecule has 8 nitrogen and oxygen atoms in total. The number of likely N-dealkylation sites (tertiary alicyclic amines) is 2. The predicted molar refractivity (Wildman–Crippen MR) is 94.1 cm³/mol. The SMILES string of the molecule is CC(C)N1CC(C(=O)NC2CCN(C(=O)c3cnccn3)CC2)CC1=O. The van der Waals surface area contributed by atoms with Gasteiger partial charge in [-0.3, -0.25) is 19.4 Å². The Hall–Kier alpha value is -2.51. The van der Waals surface area contributed by atoms with Crippen LogP contribution >= 0.6 is 0 Å². The van der Waals surface area contributed by atoms with Gasteiger partial charge in [-0.25, -0.2) is 4.98 Å². The molecule has 2 fully saturated rings.